The Morgan fingerprint density at radius 1 is 1.21 bits per heavy atom. The van der Waals surface area contributed by atoms with Gasteiger partial charge in [-0.3, -0.25) is 9.69 Å². The van der Waals surface area contributed by atoms with Crippen LogP contribution in [0.3, 0.4) is 0 Å². The van der Waals surface area contributed by atoms with Gasteiger partial charge in [0.25, 0.3) is 5.91 Å². The number of carbonyl (C=O) groups is 1. The number of hydrogen-bond acceptors (Lipinski definition) is 4. The maximum Gasteiger partial charge on any atom is 0.266 e. The third kappa shape index (κ3) is 3.33. The molecule has 0 spiro atoms. The molecule has 2 aromatic rings. The van der Waals surface area contributed by atoms with Crippen molar-refractivity contribution in [2.75, 3.05) is 6.54 Å². The second-order valence-corrected chi connectivity index (χ2v) is 6.11. The lowest BCUT2D eigenvalue weighted by atomic mass is 10.2. The van der Waals surface area contributed by atoms with Crippen molar-refractivity contribution in [2.45, 2.75) is 6.92 Å². The minimum absolute atomic E-state index is 0.161. The highest BCUT2D eigenvalue weighted by molar-refractivity contribution is 8.18. The molecule has 2 aromatic carbocycles. The van der Waals surface area contributed by atoms with Crippen molar-refractivity contribution in [1.82, 2.24) is 4.90 Å². The Morgan fingerprint density at radius 3 is 2.58 bits per heavy atom. The van der Waals surface area contributed by atoms with E-state index < -0.39 is 5.82 Å². The average Bonchev–Trinajstić information content (AvgIpc) is 2.87. The molecule has 1 N–H and O–H groups in total. The highest BCUT2D eigenvalue weighted by Crippen LogP contribution is 2.34. The molecular weight excluding hydrogens is 327 g/mol. The molecule has 122 valence electrons. The number of thioether (sulfide) groups is 1. The molecule has 1 saturated heterocycles. The van der Waals surface area contributed by atoms with E-state index in [1.807, 2.05) is 6.92 Å². The van der Waals surface area contributed by atoms with Crippen molar-refractivity contribution in [3.8, 4) is 5.75 Å². The van der Waals surface area contributed by atoms with Gasteiger partial charge in [0, 0.05) is 6.54 Å². The van der Waals surface area contributed by atoms with Crippen molar-refractivity contribution >= 4 is 34.6 Å². The minimum Gasteiger partial charge on any atom is -0.508 e. The first-order valence-electron chi connectivity index (χ1n) is 7.42. The van der Waals surface area contributed by atoms with Crippen LogP contribution in [0.4, 0.5) is 10.1 Å². The summed E-state index contributed by atoms with van der Waals surface area (Å²) in [5.41, 5.74) is 1.00. The number of aliphatic imine (C=N–C) groups is 1. The number of phenolic OH excluding ortho intramolecular Hbond substituents is 1. The van der Waals surface area contributed by atoms with Crippen LogP contribution >= 0.6 is 11.8 Å². The number of hydrogen-bond donors (Lipinski definition) is 1. The van der Waals surface area contributed by atoms with Crippen LogP contribution in [0.25, 0.3) is 6.08 Å². The van der Waals surface area contributed by atoms with Crippen LogP contribution in [-0.4, -0.2) is 27.6 Å². The monoisotopic (exact) mass is 342 g/mol. The van der Waals surface area contributed by atoms with E-state index in [0.717, 1.165) is 5.56 Å². The van der Waals surface area contributed by atoms with Gasteiger partial charge < -0.3 is 5.11 Å². The number of para-hydroxylation sites is 1. The summed E-state index contributed by atoms with van der Waals surface area (Å²) in [5, 5.41) is 9.78. The van der Waals surface area contributed by atoms with Crippen LogP contribution in [-0.2, 0) is 4.79 Å². The number of halogens is 1. The lowest BCUT2D eigenvalue weighted by molar-refractivity contribution is -0.122. The fraction of sp³-hybridized carbons (Fsp3) is 0.111. The van der Waals surface area contributed by atoms with E-state index in [9.17, 15) is 14.3 Å². The van der Waals surface area contributed by atoms with Crippen molar-refractivity contribution in [3.05, 3.63) is 64.8 Å². The van der Waals surface area contributed by atoms with Crippen molar-refractivity contribution in [1.29, 1.82) is 0 Å². The van der Waals surface area contributed by atoms with E-state index in [1.165, 1.54) is 22.7 Å². The maximum atomic E-state index is 13.8. The number of rotatable bonds is 3. The van der Waals surface area contributed by atoms with Gasteiger partial charge in [-0.1, -0.05) is 24.3 Å². The normalized spacial score (nSPS) is 17.9. The van der Waals surface area contributed by atoms with Crippen LogP contribution < -0.4 is 0 Å². The number of carbonyl (C=O) groups excluding carboxylic acids is 1. The number of amides is 1. The maximum absolute atomic E-state index is 13.8. The summed E-state index contributed by atoms with van der Waals surface area (Å²) < 4.78 is 13.8. The number of likely N-dealkylation sites (N-methyl/N-ethyl adjacent to an activating group) is 1. The third-order valence-corrected chi connectivity index (χ3v) is 4.47. The van der Waals surface area contributed by atoms with Crippen LogP contribution in [0.1, 0.15) is 12.5 Å². The smallest absolute Gasteiger partial charge is 0.266 e. The van der Waals surface area contributed by atoms with Gasteiger partial charge >= 0.3 is 0 Å². The third-order valence-electron chi connectivity index (χ3n) is 3.46. The summed E-state index contributed by atoms with van der Waals surface area (Å²) in [6.07, 6.45) is 1.74. The van der Waals surface area contributed by atoms with E-state index in [1.54, 1.807) is 48.5 Å². The van der Waals surface area contributed by atoms with Crippen LogP contribution in [0.5, 0.6) is 5.75 Å². The Morgan fingerprint density at radius 2 is 1.92 bits per heavy atom. The van der Waals surface area contributed by atoms with Gasteiger partial charge in [0.2, 0.25) is 0 Å². The standard InChI is InChI=1S/C18H15FN2O2S/c1-2-21-17(23)16(11-12-7-9-13(22)10-8-12)24-18(21)20-15-6-4-3-5-14(15)19/h3-11,22H,2H2,1H3/b16-11+,20-18?. The first-order chi connectivity index (χ1) is 11.6. The molecule has 0 bridgehead atoms. The largest absolute Gasteiger partial charge is 0.508 e. The summed E-state index contributed by atoms with van der Waals surface area (Å²) in [7, 11) is 0. The highest BCUT2D eigenvalue weighted by Gasteiger charge is 2.32. The molecule has 1 fully saturated rings. The van der Waals surface area contributed by atoms with Crippen molar-refractivity contribution < 1.29 is 14.3 Å². The summed E-state index contributed by atoms with van der Waals surface area (Å²) in [5.74, 6) is -0.421. The Kier molecular flexibility index (Phi) is 4.66. The first kappa shape index (κ1) is 16.3. The number of nitrogens with zero attached hydrogens (tertiary/aromatic N) is 2. The topological polar surface area (TPSA) is 52.9 Å². The lowest BCUT2D eigenvalue weighted by Gasteiger charge is -2.12. The SMILES string of the molecule is CCN1C(=O)/C(=C\c2ccc(O)cc2)SC1=Nc1ccccc1F. The summed E-state index contributed by atoms with van der Waals surface area (Å²) in [6, 6.07) is 12.8. The highest BCUT2D eigenvalue weighted by atomic mass is 32.2. The number of phenols is 1. The van der Waals surface area contributed by atoms with Gasteiger partial charge in [-0.15, -0.1) is 0 Å². The fourth-order valence-corrected chi connectivity index (χ4v) is 3.29. The Labute approximate surface area is 143 Å². The molecule has 1 amide bonds. The van der Waals surface area contributed by atoms with Gasteiger partial charge in [0.05, 0.1) is 4.91 Å². The summed E-state index contributed by atoms with van der Waals surface area (Å²) >= 11 is 1.21. The molecule has 0 unspecified atom stereocenters. The quantitative estimate of drug-likeness (QED) is 0.853. The summed E-state index contributed by atoms with van der Waals surface area (Å²) in [4.78, 5) is 18.8. The molecular formula is C18H15FN2O2S. The van der Waals surface area contributed by atoms with E-state index in [4.69, 9.17) is 0 Å². The first-order valence-corrected chi connectivity index (χ1v) is 8.24. The van der Waals surface area contributed by atoms with Crippen LogP contribution in [0, 0.1) is 5.82 Å². The molecule has 0 radical (unpaired) electrons. The predicted molar refractivity (Wildman–Crippen MR) is 94.6 cm³/mol. The average molecular weight is 342 g/mol. The van der Waals surface area contributed by atoms with Gasteiger partial charge in [-0.25, -0.2) is 9.38 Å². The number of aromatic hydroxyl groups is 1. The molecule has 0 atom stereocenters. The molecule has 0 aromatic heterocycles. The molecule has 1 aliphatic heterocycles. The zero-order chi connectivity index (χ0) is 17.1. The van der Waals surface area contributed by atoms with Crippen LogP contribution in [0.2, 0.25) is 0 Å². The molecule has 0 saturated carbocycles. The summed E-state index contributed by atoms with van der Waals surface area (Å²) in [6.45, 7) is 2.30. The lowest BCUT2D eigenvalue weighted by Crippen LogP contribution is -2.28. The Hall–Kier alpha value is -2.60. The number of benzene rings is 2. The molecule has 1 aliphatic rings. The molecule has 6 heteroatoms. The second-order valence-electron chi connectivity index (χ2n) is 5.10. The van der Waals surface area contributed by atoms with E-state index in [0.29, 0.717) is 16.6 Å². The van der Waals surface area contributed by atoms with Gasteiger partial charge in [-0.2, -0.15) is 0 Å². The van der Waals surface area contributed by atoms with Crippen molar-refractivity contribution in [3.63, 3.8) is 0 Å². The fourth-order valence-electron chi connectivity index (χ4n) is 2.24. The van der Waals surface area contributed by atoms with E-state index in [-0.39, 0.29) is 17.3 Å². The molecule has 3 rings (SSSR count). The van der Waals surface area contributed by atoms with E-state index in [2.05, 4.69) is 4.99 Å². The Bertz CT molecular complexity index is 831. The van der Waals surface area contributed by atoms with Gasteiger partial charge in [-0.05, 0) is 54.6 Å². The second kappa shape index (κ2) is 6.88. The zero-order valence-corrected chi connectivity index (χ0v) is 13.8. The van der Waals surface area contributed by atoms with Gasteiger partial charge in [0.15, 0.2) is 5.17 Å². The van der Waals surface area contributed by atoms with Crippen molar-refractivity contribution in [2.24, 2.45) is 4.99 Å². The zero-order valence-electron chi connectivity index (χ0n) is 12.9. The molecule has 4 nitrogen and oxygen atoms in total. The minimum atomic E-state index is -0.426. The number of amidine groups is 1. The molecule has 24 heavy (non-hydrogen) atoms. The van der Waals surface area contributed by atoms with Gasteiger partial charge in [0.1, 0.15) is 17.3 Å². The molecule has 1 heterocycles. The van der Waals surface area contributed by atoms with Crippen LogP contribution in [0.15, 0.2) is 58.4 Å². The van der Waals surface area contributed by atoms with E-state index >= 15 is 0 Å². The molecule has 0 aliphatic carbocycles. The Balaban J connectivity index is 1.94. The predicted octanol–water partition coefficient (Wildman–Crippen LogP) is 4.16.